The van der Waals surface area contributed by atoms with E-state index in [0.29, 0.717) is 37.7 Å². The Morgan fingerprint density at radius 2 is 1.97 bits per heavy atom. The highest BCUT2D eigenvalue weighted by atomic mass is 35.5. The van der Waals surface area contributed by atoms with Crippen LogP contribution >= 0.6 is 11.6 Å². The van der Waals surface area contributed by atoms with Crippen molar-refractivity contribution in [3.8, 4) is 5.75 Å². The molecule has 2 aromatic carbocycles. The predicted molar refractivity (Wildman–Crippen MR) is 116 cm³/mol. The van der Waals surface area contributed by atoms with Crippen molar-refractivity contribution in [1.82, 2.24) is 4.90 Å². The molecule has 160 valence electrons. The summed E-state index contributed by atoms with van der Waals surface area (Å²) in [4.78, 5) is 14.5. The molecule has 1 saturated heterocycles. The number of nitrogens with zero attached hydrogens (tertiary/aromatic N) is 2. The van der Waals surface area contributed by atoms with Gasteiger partial charge in [-0.15, -0.1) is 6.58 Å². The summed E-state index contributed by atoms with van der Waals surface area (Å²) in [5.74, 6) is 0.0782. The van der Waals surface area contributed by atoms with E-state index in [9.17, 15) is 13.2 Å². The summed E-state index contributed by atoms with van der Waals surface area (Å²) in [6.07, 6.45) is 1.49. The first-order valence-corrected chi connectivity index (χ1v) is 11.1. The van der Waals surface area contributed by atoms with Gasteiger partial charge in [0.1, 0.15) is 5.75 Å². The first-order chi connectivity index (χ1) is 14.4. The van der Waals surface area contributed by atoms with Gasteiger partial charge in [0.15, 0.2) is 0 Å². The number of carbonyl (C=O) groups is 1. The third kappa shape index (κ3) is 4.45. The topological polar surface area (TPSA) is 76.2 Å². The van der Waals surface area contributed by atoms with Crippen LogP contribution in [0, 0.1) is 0 Å². The number of benzene rings is 2. The Kier molecular flexibility index (Phi) is 7.02. The molecule has 9 heteroatoms. The smallest absolute Gasteiger partial charge is 0.264 e. The van der Waals surface area contributed by atoms with Crippen LogP contribution < -0.4 is 9.04 Å². The van der Waals surface area contributed by atoms with Crippen LogP contribution in [-0.2, 0) is 14.8 Å². The standard InChI is InChI=1S/C21H23ClN2O5S/c1-3-10-24(19-6-4-5-7-20(19)28-2)30(26,27)16-8-9-18(22)17(15-16)21(25)23-11-13-29-14-12-23/h3-9,15H,1,10-14H2,2H3. The summed E-state index contributed by atoms with van der Waals surface area (Å²) in [6, 6.07) is 10.9. The molecule has 0 aromatic heterocycles. The van der Waals surface area contributed by atoms with Crippen LogP contribution in [0.25, 0.3) is 0 Å². The van der Waals surface area contributed by atoms with Crippen molar-refractivity contribution in [1.29, 1.82) is 0 Å². The molecule has 1 heterocycles. The van der Waals surface area contributed by atoms with E-state index in [1.54, 1.807) is 29.2 Å². The van der Waals surface area contributed by atoms with E-state index in [4.69, 9.17) is 21.1 Å². The monoisotopic (exact) mass is 450 g/mol. The number of methoxy groups -OCH3 is 1. The molecule has 0 N–H and O–H groups in total. The average Bonchev–Trinajstić information content (AvgIpc) is 2.77. The summed E-state index contributed by atoms with van der Waals surface area (Å²) < 4.78 is 38.8. The van der Waals surface area contributed by atoms with E-state index >= 15 is 0 Å². The maximum atomic E-state index is 13.5. The molecule has 2 aromatic rings. The van der Waals surface area contributed by atoms with Crippen LogP contribution in [0.4, 0.5) is 5.69 Å². The molecule has 0 aliphatic carbocycles. The number of para-hydroxylation sites is 2. The zero-order valence-electron chi connectivity index (χ0n) is 16.6. The first kappa shape index (κ1) is 22.1. The Hall–Kier alpha value is -2.55. The minimum Gasteiger partial charge on any atom is -0.495 e. The molecular formula is C21H23ClN2O5S. The molecule has 0 bridgehead atoms. The van der Waals surface area contributed by atoms with Crippen LogP contribution in [0.3, 0.4) is 0 Å². The van der Waals surface area contributed by atoms with Gasteiger partial charge in [-0.1, -0.05) is 29.8 Å². The third-order valence-electron chi connectivity index (χ3n) is 4.70. The Bertz CT molecular complexity index is 1040. The lowest BCUT2D eigenvalue weighted by atomic mass is 10.2. The highest BCUT2D eigenvalue weighted by molar-refractivity contribution is 7.92. The van der Waals surface area contributed by atoms with Gasteiger partial charge >= 0.3 is 0 Å². The minimum absolute atomic E-state index is 0.0259. The molecule has 0 radical (unpaired) electrons. The third-order valence-corrected chi connectivity index (χ3v) is 6.81. The van der Waals surface area contributed by atoms with Gasteiger partial charge in [0.05, 0.1) is 48.0 Å². The fourth-order valence-electron chi connectivity index (χ4n) is 3.17. The number of morpholine rings is 1. The zero-order chi connectivity index (χ0) is 21.7. The van der Waals surface area contributed by atoms with Crippen LogP contribution in [0.5, 0.6) is 5.75 Å². The van der Waals surface area contributed by atoms with E-state index in [0.717, 1.165) is 0 Å². The van der Waals surface area contributed by atoms with Crippen LogP contribution in [0.2, 0.25) is 5.02 Å². The fourth-order valence-corrected chi connectivity index (χ4v) is 4.84. The maximum absolute atomic E-state index is 13.5. The summed E-state index contributed by atoms with van der Waals surface area (Å²) in [6.45, 7) is 5.41. The van der Waals surface area contributed by atoms with Crippen molar-refractivity contribution in [2.45, 2.75) is 4.90 Å². The summed E-state index contributed by atoms with van der Waals surface area (Å²) in [5, 5.41) is 0.193. The number of hydrogen-bond acceptors (Lipinski definition) is 5. The molecule has 7 nitrogen and oxygen atoms in total. The summed E-state index contributed by atoms with van der Waals surface area (Å²) in [5.41, 5.74) is 0.508. The van der Waals surface area contributed by atoms with Crippen molar-refractivity contribution in [2.24, 2.45) is 0 Å². The second-order valence-electron chi connectivity index (χ2n) is 6.54. The lowest BCUT2D eigenvalue weighted by Gasteiger charge is -2.28. The van der Waals surface area contributed by atoms with Gasteiger partial charge in [-0.2, -0.15) is 0 Å². The number of carbonyl (C=O) groups excluding carboxylic acids is 1. The van der Waals surface area contributed by atoms with Crippen LogP contribution in [-0.4, -0.2) is 59.2 Å². The van der Waals surface area contributed by atoms with Crippen LogP contribution in [0.1, 0.15) is 10.4 Å². The van der Waals surface area contributed by atoms with Gasteiger partial charge in [-0.05, 0) is 30.3 Å². The lowest BCUT2D eigenvalue weighted by molar-refractivity contribution is 0.0303. The SMILES string of the molecule is C=CCN(c1ccccc1OC)S(=O)(=O)c1ccc(Cl)c(C(=O)N2CCOCC2)c1. The van der Waals surface area contributed by atoms with E-state index < -0.39 is 10.0 Å². The number of hydrogen-bond donors (Lipinski definition) is 0. The van der Waals surface area contributed by atoms with Gasteiger partial charge in [0.2, 0.25) is 0 Å². The molecule has 1 aliphatic heterocycles. The molecule has 0 atom stereocenters. The number of halogens is 1. The van der Waals surface area contributed by atoms with Crippen molar-refractivity contribution < 1.29 is 22.7 Å². The number of ether oxygens (including phenoxy) is 2. The molecule has 0 spiro atoms. The molecule has 1 fully saturated rings. The minimum atomic E-state index is -4.02. The second kappa shape index (κ2) is 9.51. The quantitative estimate of drug-likeness (QED) is 0.605. The summed E-state index contributed by atoms with van der Waals surface area (Å²) >= 11 is 6.24. The van der Waals surface area contributed by atoms with E-state index in [1.807, 2.05) is 0 Å². The maximum Gasteiger partial charge on any atom is 0.264 e. The Morgan fingerprint density at radius 3 is 2.63 bits per heavy atom. The van der Waals surface area contributed by atoms with Gasteiger partial charge in [0, 0.05) is 13.1 Å². The van der Waals surface area contributed by atoms with E-state index in [2.05, 4.69) is 6.58 Å². The molecule has 3 rings (SSSR count). The van der Waals surface area contributed by atoms with Crippen molar-refractivity contribution in [3.05, 3.63) is 65.7 Å². The lowest BCUT2D eigenvalue weighted by Crippen LogP contribution is -2.41. The number of sulfonamides is 1. The Morgan fingerprint density at radius 1 is 1.27 bits per heavy atom. The molecule has 0 saturated carbocycles. The van der Waals surface area contributed by atoms with Gasteiger partial charge < -0.3 is 14.4 Å². The van der Waals surface area contributed by atoms with Crippen LogP contribution in [0.15, 0.2) is 60.0 Å². The normalized spacial score (nSPS) is 14.3. The molecule has 1 aliphatic rings. The number of amides is 1. The first-order valence-electron chi connectivity index (χ1n) is 9.33. The largest absolute Gasteiger partial charge is 0.495 e. The van der Waals surface area contributed by atoms with Gasteiger partial charge in [-0.25, -0.2) is 8.42 Å². The fraction of sp³-hybridized carbons (Fsp3) is 0.286. The molecule has 0 unspecified atom stereocenters. The number of rotatable bonds is 7. The van der Waals surface area contributed by atoms with Crippen molar-refractivity contribution in [2.75, 3.05) is 44.3 Å². The highest BCUT2D eigenvalue weighted by Crippen LogP contribution is 2.33. The predicted octanol–water partition coefficient (Wildman–Crippen LogP) is 3.20. The molecular weight excluding hydrogens is 428 g/mol. The zero-order valence-corrected chi connectivity index (χ0v) is 18.2. The van der Waals surface area contributed by atoms with E-state index in [1.165, 1.54) is 35.7 Å². The Balaban J connectivity index is 2.04. The Labute approximate surface area is 181 Å². The van der Waals surface area contributed by atoms with Gasteiger partial charge in [0.25, 0.3) is 15.9 Å². The van der Waals surface area contributed by atoms with Gasteiger partial charge in [-0.3, -0.25) is 9.10 Å². The summed E-state index contributed by atoms with van der Waals surface area (Å²) in [7, 11) is -2.55. The highest BCUT2D eigenvalue weighted by Gasteiger charge is 2.29. The van der Waals surface area contributed by atoms with Crippen molar-refractivity contribution in [3.63, 3.8) is 0 Å². The number of anilines is 1. The molecule has 30 heavy (non-hydrogen) atoms. The average molecular weight is 451 g/mol. The van der Waals surface area contributed by atoms with Crippen molar-refractivity contribution >= 4 is 33.2 Å². The van der Waals surface area contributed by atoms with E-state index in [-0.39, 0.29) is 27.9 Å². The second-order valence-corrected chi connectivity index (χ2v) is 8.81. The molecule has 1 amide bonds.